The highest BCUT2D eigenvalue weighted by molar-refractivity contribution is 7.12. The number of halogens is 3. The van der Waals surface area contributed by atoms with Crippen LogP contribution in [0.4, 0.5) is 10.1 Å². The molecule has 1 aromatic carbocycles. The van der Waals surface area contributed by atoms with Gasteiger partial charge in [0.2, 0.25) is 0 Å². The fourth-order valence-electron chi connectivity index (χ4n) is 2.69. The van der Waals surface area contributed by atoms with Crippen LogP contribution >= 0.6 is 34.5 Å². The molecule has 1 atom stereocenters. The molecule has 0 saturated heterocycles. The normalized spacial score (nSPS) is 15.6. The zero-order valence-electron chi connectivity index (χ0n) is 11.7. The number of anilines is 1. The largest absolute Gasteiger partial charge is 0.378 e. The minimum Gasteiger partial charge on any atom is -0.378 e. The van der Waals surface area contributed by atoms with E-state index in [9.17, 15) is 4.39 Å². The van der Waals surface area contributed by atoms with Crippen LogP contribution < -0.4 is 5.32 Å². The van der Waals surface area contributed by atoms with Gasteiger partial charge in [0.1, 0.15) is 0 Å². The van der Waals surface area contributed by atoms with E-state index in [1.807, 2.05) is 11.3 Å². The van der Waals surface area contributed by atoms with Crippen LogP contribution in [-0.4, -0.2) is 0 Å². The van der Waals surface area contributed by atoms with Crippen molar-refractivity contribution >= 4 is 40.2 Å². The Balaban J connectivity index is 1.80. The third-order valence-electron chi connectivity index (χ3n) is 3.81. The Morgan fingerprint density at radius 2 is 1.81 bits per heavy atom. The van der Waals surface area contributed by atoms with Gasteiger partial charge in [-0.15, -0.1) is 11.3 Å². The van der Waals surface area contributed by atoms with E-state index in [-0.39, 0.29) is 16.1 Å². The van der Waals surface area contributed by atoms with Crippen molar-refractivity contribution in [3.05, 3.63) is 49.4 Å². The first-order chi connectivity index (χ1) is 10.0. The van der Waals surface area contributed by atoms with Crippen molar-refractivity contribution in [2.75, 3.05) is 5.32 Å². The van der Waals surface area contributed by atoms with E-state index < -0.39 is 5.82 Å². The standard InChI is InChI=1S/C16H16Cl2FNS/c1-9(15-6-10-4-2-3-5-14(10)21-15)20-11-7-12(17)16(19)13(18)8-11/h6-9,20H,2-5H2,1H3. The fourth-order valence-corrected chi connectivity index (χ4v) is 4.43. The van der Waals surface area contributed by atoms with Crippen LogP contribution in [0, 0.1) is 5.82 Å². The molecule has 1 nitrogen and oxygen atoms in total. The van der Waals surface area contributed by atoms with Gasteiger partial charge in [-0.05, 0) is 56.4 Å². The number of benzene rings is 1. The molecular formula is C16H16Cl2FNS. The van der Waals surface area contributed by atoms with E-state index in [0.717, 1.165) is 5.69 Å². The van der Waals surface area contributed by atoms with Gasteiger partial charge < -0.3 is 5.32 Å². The van der Waals surface area contributed by atoms with Gasteiger partial charge in [0.15, 0.2) is 5.82 Å². The van der Waals surface area contributed by atoms with Crippen LogP contribution in [0.3, 0.4) is 0 Å². The first-order valence-electron chi connectivity index (χ1n) is 7.07. The number of rotatable bonds is 3. The summed E-state index contributed by atoms with van der Waals surface area (Å²) in [5.41, 5.74) is 2.23. The zero-order chi connectivity index (χ0) is 15.0. The number of thiophene rings is 1. The summed E-state index contributed by atoms with van der Waals surface area (Å²) in [7, 11) is 0. The topological polar surface area (TPSA) is 12.0 Å². The molecular weight excluding hydrogens is 328 g/mol. The second-order valence-corrected chi connectivity index (χ2v) is 7.41. The van der Waals surface area contributed by atoms with Gasteiger partial charge in [-0.3, -0.25) is 0 Å². The van der Waals surface area contributed by atoms with Gasteiger partial charge in [0.05, 0.1) is 16.1 Å². The van der Waals surface area contributed by atoms with Crippen molar-refractivity contribution in [2.45, 2.75) is 38.6 Å². The Labute approximate surface area is 138 Å². The molecule has 0 spiro atoms. The summed E-state index contributed by atoms with van der Waals surface area (Å²) in [4.78, 5) is 2.82. The van der Waals surface area contributed by atoms with Crippen LogP contribution in [0.25, 0.3) is 0 Å². The van der Waals surface area contributed by atoms with E-state index in [0.29, 0.717) is 0 Å². The molecule has 1 heterocycles. The molecule has 1 aromatic heterocycles. The molecule has 5 heteroatoms. The Kier molecular flexibility index (Phi) is 4.43. The molecule has 1 aliphatic carbocycles. The summed E-state index contributed by atoms with van der Waals surface area (Å²) in [6.07, 6.45) is 4.96. The number of hydrogen-bond acceptors (Lipinski definition) is 2. The molecule has 0 radical (unpaired) electrons. The third kappa shape index (κ3) is 3.20. The van der Waals surface area contributed by atoms with E-state index in [1.165, 1.54) is 41.0 Å². The summed E-state index contributed by atoms with van der Waals surface area (Å²) in [5.74, 6) is -0.567. The maximum absolute atomic E-state index is 13.4. The molecule has 2 aromatic rings. The summed E-state index contributed by atoms with van der Waals surface area (Å²) >= 11 is 13.5. The van der Waals surface area contributed by atoms with E-state index in [4.69, 9.17) is 23.2 Å². The fraction of sp³-hybridized carbons (Fsp3) is 0.375. The molecule has 0 aliphatic heterocycles. The van der Waals surface area contributed by atoms with E-state index in [1.54, 1.807) is 12.1 Å². The molecule has 21 heavy (non-hydrogen) atoms. The van der Waals surface area contributed by atoms with Gasteiger partial charge in [0, 0.05) is 15.4 Å². The summed E-state index contributed by atoms with van der Waals surface area (Å²) < 4.78 is 13.4. The van der Waals surface area contributed by atoms with Crippen LogP contribution in [-0.2, 0) is 12.8 Å². The first-order valence-corrected chi connectivity index (χ1v) is 8.64. The molecule has 3 rings (SSSR count). The molecule has 0 amide bonds. The summed E-state index contributed by atoms with van der Waals surface area (Å²) in [6, 6.07) is 5.60. The lowest BCUT2D eigenvalue weighted by molar-refractivity contribution is 0.628. The average molecular weight is 344 g/mol. The average Bonchev–Trinajstić information content (AvgIpc) is 2.88. The van der Waals surface area contributed by atoms with Gasteiger partial charge in [0.25, 0.3) is 0 Å². The predicted molar refractivity (Wildman–Crippen MR) is 89.4 cm³/mol. The molecule has 0 saturated carbocycles. The van der Waals surface area contributed by atoms with Gasteiger partial charge in [-0.1, -0.05) is 23.2 Å². The highest BCUT2D eigenvalue weighted by Crippen LogP contribution is 2.35. The lowest BCUT2D eigenvalue weighted by Gasteiger charge is -2.14. The molecule has 1 aliphatic rings. The van der Waals surface area contributed by atoms with Crippen LogP contribution in [0.15, 0.2) is 18.2 Å². The van der Waals surface area contributed by atoms with Crippen LogP contribution in [0.1, 0.15) is 41.1 Å². The summed E-state index contributed by atoms with van der Waals surface area (Å²) in [5, 5.41) is 3.44. The van der Waals surface area contributed by atoms with Crippen molar-refractivity contribution in [1.29, 1.82) is 0 Å². The molecule has 112 valence electrons. The number of aryl methyl sites for hydroxylation is 2. The molecule has 1 unspecified atom stereocenters. The molecule has 0 fully saturated rings. The SMILES string of the molecule is CC(Nc1cc(Cl)c(F)c(Cl)c1)c1cc2c(s1)CCCC2. The predicted octanol–water partition coefficient (Wildman–Crippen LogP) is 6.25. The Morgan fingerprint density at radius 1 is 1.14 bits per heavy atom. The van der Waals surface area contributed by atoms with Gasteiger partial charge in [-0.25, -0.2) is 4.39 Å². The lowest BCUT2D eigenvalue weighted by atomic mass is 9.99. The van der Waals surface area contributed by atoms with Gasteiger partial charge >= 0.3 is 0 Å². The highest BCUT2D eigenvalue weighted by Gasteiger charge is 2.17. The Bertz CT molecular complexity index is 622. The second kappa shape index (κ2) is 6.15. The number of hydrogen-bond donors (Lipinski definition) is 1. The van der Waals surface area contributed by atoms with Gasteiger partial charge in [-0.2, -0.15) is 0 Å². The zero-order valence-corrected chi connectivity index (χ0v) is 14.0. The first kappa shape index (κ1) is 15.1. The second-order valence-electron chi connectivity index (χ2n) is 5.42. The number of fused-ring (bicyclic) bond motifs is 1. The maximum atomic E-state index is 13.4. The van der Waals surface area contributed by atoms with Crippen molar-refractivity contribution < 1.29 is 4.39 Å². The van der Waals surface area contributed by atoms with Crippen LogP contribution in [0.2, 0.25) is 10.0 Å². The van der Waals surface area contributed by atoms with Crippen LogP contribution in [0.5, 0.6) is 0 Å². The quantitative estimate of drug-likeness (QED) is 0.649. The molecule has 0 bridgehead atoms. The van der Waals surface area contributed by atoms with Crippen molar-refractivity contribution in [3.63, 3.8) is 0 Å². The third-order valence-corrected chi connectivity index (χ3v) is 5.78. The lowest BCUT2D eigenvalue weighted by Crippen LogP contribution is -2.05. The highest BCUT2D eigenvalue weighted by atomic mass is 35.5. The molecule has 1 N–H and O–H groups in total. The van der Waals surface area contributed by atoms with Crippen molar-refractivity contribution in [1.82, 2.24) is 0 Å². The monoisotopic (exact) mass is 343 g/mol. The van der Waals surface area contributed by atoms with E-state index in [2.05, 4.69) is 18.3 Å². The smallest absolute Gasteiger partial charge is 0.160 e. The van der Waals surface area contributed by atoms with Crippen molar-refractivity contribution in [2.24, 2.45) is 0 Å². The number of nitrogens with one attached hydrogen (secondary N) is 1. The van der Waals surface area contributed by atoms with E-state index >= 15 is 0 Å². The Morgan fingerprint density at radius 3 is 2.48 bits per heavy atom. The summed E-state index contributed by atoms with van der Waals surface area (Å²) in [6.45, 7) is 2.10. The minimum absolute atomic E-state index is 0.0441. The minimum atomic E-state index is -0.567. The Hall–Kier alpha value is -0.770. The van der Waals surface area contributed by atoms with Crippen molar-refractivity contribution in [3.8, 4) is 0 Å². The maximum Gasteiger partial charge on any atom is 0.160 e.